The van der Waals surface area contributed by atoms with Gasteiger partial charge in [0.15, 0.2) is 0 Å². The number of esters is 1. The molecule has 0 saturated carbocycles. The average molecular weight is 447 g/mol. The summed E-state index contributed by atoms with van der Waals surface area (Å²) >= 11 is 5.99. The van der Waals surface area contributed by atoms with E-state index in [-0.39, 0.29) is 21.9 Å². The minimum absolute atomic E-state index is 0.00720. The van der Waals surface area contributed by atoms with E-state index in [0.717, 1.165) is 5.56 Å². The highest BCUT2D eigenvalue weighted by atomic mass is 35.5. The number of aryl methyl sites for hydroxylation is 1. The molecular formula is C21H19ClN2O5S. The Kier molecular flexibility index (Phi) is 6.19. The summed E-state index contributed by atoms with van der Waals surface area (Å²) in [5.74, 6) is -0.0371. The van der Waals surface area contributed by atoms with Crippen molar-refractivity contribution in [2.75, 3.05) is 17.6 Å². The van der Waals surface area contributed by atoms with Gasteiger partial charge in [-0.15, -0.1) is 0 Å². The molecule has 0 aliphatic rings. The molecule has 0 saturated heterocycles. The minimum Gasteiger partial charge on any atom is -0.465 e. The van der Waals surface area contributed by atoms with Crippen LogP contribution in [0.25, 0.3) is 0 Å². The summed E-state index contributed by atoms with van der Waals surface area (Å²) in [5.41, 5.74) is 7.07. The van der Waals surface area contributed by atoms with Crippen molar-refractivity contribution >= 4 is 39.0 Å². The topological polar surface area (TPSA) is 108 Å². The molecule has 0 bridgehead atoms. The normalized spacial score (nSPS) is 11.0. The summed E-state index contributed by atoms with van der Waals surface area (Å²) in [6, 6.07) is 15.4. The third kappa shape index (κ3) is 4.84. The van der Waals surface area contributed by atoms with Crippen LogP contribution in [0, 0.1) is 6.92 Å². The van der Waals surface area contributed by atoms with Crippen LogP contribution in [0.4, 0.5) is 11.4 Å². The molecule has 0 fully saturated rings. The van der Waals surface area contributed by atoms with Crippen molar-refractivity contribution in [3.05, 3.63) is 76.8 Å². The monoisotopic (exact) mass is 446 g/mol. The molecule has 0 unspecified atom stereocenters. The molecule has 0 amide bonds. The van der Waals surface area contributed by atoms with Gasteiger partial charge in [-0.05, 0) is 49.4 Å². The van der Waals surface area contributed by atoms with E-state index in [9.17, 15) is 13.2 Å². The average Bonchev–Trinajstić information content (AvgIpc) is 2.71. The van der Waals surface area contributed by atoms with E-state index in [1.54, 1.807) is 24.3 Å². The number of nitrogen functional groups attached to an aromatic ring is 1. The quantitative estimate of drug-likeness (QED) is 0.423. The fourth-order valence-corrected chi connectivity index (χ4v) is 3.83. The largest absolute Gasteiger partial charge is 0.465 e. The number of sulfonamides is 1. The van der Waals surface area contributed by atoms with Crippen molar-refractivity contribution in [3.63, 3.8) is 0 Å². The second-order valence-corrected chi connectivity index (χ2v) is 8.49. The molecule has 3 aromatic carbocycles. The molecule has 0 heterocycles. The van der Waals surface area contributed by atoms with Crippen LogP contribution in [0.2, 0.25) is 5.02 Å². The van der Waals surface area contributed by atoms with E-state index in [4.69, 9.17) is 26.8 Å². The van der Waals surface area contributed by atoms with Gasteiger partial charge < -0.3 is 15.2 Å². The number of ether oxygens (including phenoxy) is 2. The first-order valence-corrected chi connectivity index (χ1v) is 10.6. The number of benzene rings is 3. The van der Waals surface area contributed by atoms with Crippen LogP contribution < -0.4 is 15.2 Å². The number of methoxy groups -OCH3 is 1. The Morgan fingerprint density at radius 3 is 2.27 bits per heavy atom. The summed E-state index contributed by atoms with van der Waals surface area (Å²) in [5, 5.41) is 0.322. The number of nitrogens with one attached hydrogen (secondary N) is 1. The molecule has 156 valence electrons. The molecule has 0 aromatic heterocycles. The summed E-state index contributed by atoms with van der Waals surface area (Å²) in [4.78, 5) is 12.3. The number of anilines is 2. The lowest BCUT2D eigenvalue weighted by atomic mass is 10.1. The van der Waals surface area contributed by atoms with Crippen molar-refractivity contribution in [2.24, 2.45) is 0 Å². The summed E-state index contributed by atoms with van der Waals surface area (Å²) in [6.45, 7) is 1.85. The van der Waals surface area contributed by atoms with Gasteiger partial charge in [-0.2, -0.15) is 0 Å². The van der Waals surface area contributed by atoms with Crippen LogP contribution in [0.3, 0.4) is 0 Å². The highest BCUT2D eigenvalue weighted by molar-refractivity contribution is 7.92. The molecule has 0 radical (unpaired) electrons. The Hall–Kier alpha value is -3.23. The standard InChI is InChI=1S/C21H19ClN2O5S/c1-13-3-7-16(8-4-13)30(26,27)24-20-10-6-14(11-17(20)21(25)28-2)29-15-5-9-19(23)18(22)12-15/h3-12,24H,23H2,1-2H3. The molecule has 7 nitrogen and oxygen atoms in total. The van der Waals surface area contributed by atoms with E-state index in [1.807, 2.05) is 6.92 Å². The van der Waals surface area contributed by atoms with Gasteiger partial charge in [0.25, 0.3) is 10.0 Å². The predicted molar refractivity (Wildman–Crippen MR) is 116 cm³/mol. The SMILES string of the molecule is COC(=O)c1cc(Oc2ccc(N)c(Cl)c2)ccc1NS(=O)(=O)c1ccc(C)cc1. The van der Waals surface area contributed by atoms with Crippen LogP contribution in [0.1, 0.15) is 15.9 Å². The maximum absolute atomic E-state index is 12.7. The smallest absolute Gasteiger partial charge is 0.340 e. The van der Waals surface area contributed by atoms with Crippen molar-refractivity contribution in [1.29, 1.82) is 0 Å². The van der Waals surface area contributed by atoms with Crippen molar-refractivity contribution < 1.29 is 22.7 Å². The van der Waals surface area contributed by atoms with E-state index in [1.165, 1.54) is 43.5 Å². The van der Waals surface area contributed by atoms with Gasteiger partial charge >= 0.3 is 5.97 Å². The fraction of sp³-hybridized carbons (Fsp3) is 0.0952. The van der Waals surface area contributed by atoms with Crippen LogP contribution in [-0.2, 0) is 14.8 Å². The number of carbonyl (C=O) groups excluding carboxylic acids is 1. The molecule has 3 aromatic rings. The second-order valence-electron chi connectivity index (χ2n) is 6.40. The molecule has 3 N–H and O–H groups in total. The molecule has 0 aliphatic carbocycles. The zero-order valence-electron chi connectivity index (χ0n) is 16.2. The molecule has 9 heteroatoms. The van der Waals surface area contributed by atoms with Crippen LogP contribution >= 0.6 is 11.6 Å². The van der Waals surface area contributed by atoms with Crippen LogP contribution in [-0.4, -0.2) is 21.5 Å². The number of halogens is 1. The Bertz CT molecular complexity index is 1190. The number of nitrogens with two attached hydrogens (primary N) is 1. The van der Waals surface area contributed by atoms with E-state index >= 15 is 0 Å². The zero-order chi connectivity index (χ0) is 21.9. The molecular weight excluding hydrogens is 428 g/mol. The summed E-state index contributed by atoms with van der Waals surface area (Å²) in [7, 11) is -2.70. The Morgan fingerprint density at radius 1 is 1.00 bits per heavy atom. The van der Waals surface area contributed by atoms with E-state index in [2.05, 4.69) is 4.72 Å². The predicted octanol–water partition coefficient (Wildman–Crippen LogP) is 4.61. The van der Waals surface area contributed by atoms with Gasteiger partial charge in [-0.1, -0.05) is 29.3 Å². The molecule has 0 aliphatic heterocycles. The number of carbonyl (C=O) groups is 1. The highest BCUT2D eigenvalue weighted by Crippen LogP contribution is 2.31. The lowest BCUT2D eigenvalue weighted by molar-refractivity contribution is 0.0601. The van der Waals surface area contributed by atoms with E-state index < -0.39 is 16.0 Å². The van der Waals surface area contributed by atoms with Gasteiger partial charge in [0, 0.05) is 6.07 Å². The van der Waals surface area contributed by atoms with Crippen LogP contribution in [0.15, 0.2) is 65.6 Å². The Morgan fingerprint density at radius 2 is 1.63 bits per heavy atom. The Balaban J connectivity index is 1.93. The molecule has 0 atom stereocenters. The first-order valence-electron chi connectivity index (χ1n) is 8.74. The third-order valence-corrected chi connectivity index (χ3v) is 5.89. The highest BCUT2D eigenvalue weighted by Gasteiger charge is 2.20. The first-order chi connectivity index (χ1) is 14.2. The number of hydrogen-bond acceptors (Lipinski definition) is 6. The lowest BCUT2D eigenvalue weighted by Crippen LogP contribution is -2.16. The number of rotatable bonds is 6. The zero-order valence-corrected chi connectivity index (χ0v) is 17.8. The fourth-order valence-electron chi connectivity index (χ4n) is 2.58. The summed E-state index contributed by atoms with van der Waals surface area (Å²) in [6.07, 6.45) is 0. The van der Waals surface area contributed by atoms with Gasteiger partial charge in [-0.3, -0.25) is 4.72 Å². The minimum atomic E-state index is -3.91. The second kappa shape index (κ2) is 8.64. The molecule has 3 rings (SSSR count). The van der Waals surface area contributed by atoms with Gasteiger partial charge in [0.05, 0.1) is 34.0 Å². The molecule has 30 heavy (non-hydrogen) atoms. The first kappa shape index (κ1) is 21.5. The third-order valence-electron chi connectivity index (χ3n) is 4.18. The summed E-state index contributed by atoms with van der Waals surface area (Å²) < 4.78 is 38.3. The van der Waals surface area contributed by atoms with Crippen molar-refractivity contribution in [2.45, 2.75) is 11.8 Å². The van der Waals surface area contributed by atoms with Crippen molar-refractivity contribution in [1.82, 2.24) is 0 Å². The van der Waals surface area contributed by atoms with Crippen LogP contribution in [0.5, 0.6) is 11.5 Å². The maximum Gasteiger partial charge on any atom is 0.340 e. The maximum atomic E-state index is 12.7. The Labute approximate surface area is 179 Å². The molecule has 0 spiro atoms. The van der Waals surface area contributed by atoms with Gasteiger partial charge in [0.1, 0.15) is 11.5 Å². The van der Waals surface area contributed by atoms with Gasteiger partial charge in [0.2, 0.25) is 0 Å². The van der Waals surface area contributed by atoms with Crippen molar-refractivity contribution in [3.8, 4) is 11.5 Å². The van der Waals surface area contributed by atoms with Gasteiger partial charge in [-0.25, -0.2) is 13.2 Å². The number of hydrogen-bond donors (Lipinski definition) is 2. The van der Waals surface area contributed by atoms with E-state index in [0.29, 0.717) is 16.5 Å². The lowest BCUT2D eigenvalue weighted by Gasteiger charge is -2.14.